The summed E-state index contributed by atoms with van der Waals surface area (Å²) in [5, 5.41) is 5.20. The van der Waals surface area contributed by atoms with Crippen LogP contribution in [0.25, 0.3) is 0 Å². The maximum atomic E-state index is 11.9. The molecular weight excluding hydrogens is 326 g/mol. The molecule has 0 spiro atoms. The predicted molar refractivity (Wildman–Crippen MR) is 93.1 cm³/mol. The molecule has 0 aromatic heterocycles. The van der Waals surface area contributed by atoms with Gasteiger partial charge in [0.25, 0.3) is 0 Å². The number of esters is 1. The second kappa shape index (κ2) is 9.63. The Balaban J connectivity index is 2.54. The number of carbonyl (C=O) groups is 3. The van der Waals surface area contributed by atoms with Gasteiger partial charge in [-0.2, -0.15) is 0 Å². The van der Waals surface area contributed by atoms with Crippen LogP contribution in [0, 0.1) is 12.8 Å². The standard InChI is InChI=1S/C17H25N3O5/c1-10(2)16(18)17(23)19-8-14(21)20-13-6-5-12(7-11(13)3)25-9-15(22)24-4/h5-7,10,16H,8-9,18H2,1-4H3,(H,19,23)(H,20,21)/t16-/m0/s1. The molecule has 1 atom stereocenters. The monoisotopic (exact) mass is 351 g/mol. The second-order valence-corrected chi connectivity index (χ2v) is 5.88. The first-order chi connectivity index (χ1) is 11.7. The lowest BCUT2D eigenvalue weighted by Gasteiger charge is -2.15. The molecule has 0 unspecified atom stereocenters. The van der Waals surface area contributed by atoms with E-state index in [1.54, 1.807) is 25.1 Å². The van der Waals surface area contributed by atoms with Gasteiger partial charge in [-0.3, -0.25) is 9.59 Å². The molecule has 4 N–H and O–H groups in total. The van der Waals surface area contributed by atoms with Gasteiger partial charge in [-0.05, 0) is 36.6 Å². The van der Waals surface area contributed by atoms with E-state index in [-0.39, 0.29) is 30.9 Å². The summed E-state index contributed by atoms with van der Waals surface area (Å²) in [6.45, 7) is 5.09. The Hall–Kier alpha value is -2.61. The first kappa shape index (κ1) is 20.4. The quantitative estimate of drug-likeness (QED) is 0.590. The third kappa shape index (κ3) is 6.80. The van der Waals surface area contributed by atoms with Crippen LogP contribution < -0.4 is 21.1 Å². The zero-order valence-electron chi connectivity index (χ0n) is 14.9. The van der Waals surface area contributed by atoms with Crippen molar-refractivity contribution in [1.29, 1.82) is 0 Å². The van der Waals surface area contributed by atoms with E-state index in [2.05, 4.69) is 15.4 Å². The highest BCUT2D eigenvalue weighted by molar-refractivity contribution is 5.95. The molecule has 2 amide bonds. The van der Waals surface area contributed by atoms with Crippen LogP contribution in [0.2, 0.25) is 0 Å². The number of anilines is 1. The minimum atomic E-state index is -0.652. The maximum absolute atomic E-state index is 11.9. The van der Waals surface area contributed by atoms with E-state index in [0.29, 0.717) is 11.4 Å². The van der Waals surface area contributed by atoms with Gasteiger partial charge in [-0.1, -0.05) is 13.8 Å². The van der Waals surface area contributed by atoms with Crippen LogP contribution in [0.4, 0.5) is 5.69 Å². The Bertz CT molecular complexity index is 631. The van der Waals surface area contributed by atoms with Crippen LogP contribution in [-0.2, 0) is 19.1 Å². The van der Waals surface area contributed by atoms with Crippen molar-refractivity contribution in [2.45, 2.75) is 26.8 Å². The van der Waals surface area contributed by atoms with Gasteiger partial charge in [0.05, 0.1) is 19.7 Å². The van der Waals surface area contributed by atoms with E-state index in [1.807, 2.05) is 13.8 Å². The molecule has 0 aliphatic carbocycles. The highest BCUT2D eigenvalue weighted by atomic mass is 16.6. The zero-order valence-corrected chi connectivity index (χ0v) is 14.9. The minimum absolute atomic E-state index is 0.0113. The average Bonchev–Trinajstić information content (AvgIpc) is 2.58. The van der Waals surface area contributed by atoms with E-state index < -0.39 is 12.0 Å². The summed E-state index contributed by atoms with van der Waals surface area (Å²) in [5.41, 5.74) is 7.04. The van der Waals surface area contributed by atoms with Crippen molar-refractivity contribution in [2.24, 2.45) is 11.7 Å². The smallest absolute Gasteiger partial charge is 0.343 e. The van der Waals surface area contributed by atoms with Crippen molar-refractivity contribution in [1.82, 2.24) is 5.32 Å². The molecule has 1 aromatic carbocycles. The molecule has 0 bridgehead atoms. The van der Waals surface area contributed by atoms with Crippen LogP contribution >= 0.6 is 0 Å². The van der Waals surface area contributed by atoms with Gasteiger partial charge >= 0.3 is 5.97 Å². The summed E-state index contributed by atoms with van der Waals surface area (Å²) >= 11 is 0. The Kier molecular flexibility index (Phi) is 7.87. The summed E-state index contributed by atoms with van der Waals surface area (Å²) in [7, 11) is 1.28. The Labute approximate surface area is 147 Å². The molecule has 0 saturated heterocycles. The predicted octanol–water partition coefficient (Wildman–Crippen LogP) is 0.585. The van der Waals surface area contributed by atoms with Crippen molar-refractivity contribution in [3.8, 4) is 5.75 Å². The third-order valence-electron chi connectivity index (χ3n) is 3.50. The molecule has 0 aliphatic heterocycles. The molecule has 0 heterocycles. The molecule has 8 heteroatoms. The fraction of sp³-hybridized carbons (Fsp3) is 0.471. The van der Waals surface area contributed by atoms with E-state index in [1.165, 1.54) is 7.11 Å². The van der Waals surface area contributed by atoms with Gasteiger partial charge in [0.2, 0.25) is 11.8 Å². The van der Waals surface area contributed by atoms with Crippen molar-refractivity contribution < 1.29 is 23.9 Å². The van der Waals surface area contributed by atoms with E-state index in [9.17, 15) is 14.4 Å². The topological polar surface area (TPSA) is 120 Å². The van der Waals surface area contributed by atoms with Gasteiger partial charge in [-0.25, -0.2) is 4.79 Å². The number of methoxy groups -OCH3 is 1. The lowest BCUT2D eigenvalue weighted by Crippen LogP contribution is -2.46. The van der Waals surface area contributed by atoms with Crippen molar-refractivity contribution in [2.75, 3.05) is 25.6 Å². The maximum Gasteiger partial charge on any atom is 0.343 e. The molecule has 1 aromatic rings. The highest BCUT2D eigenvalue weighted by Gasteiger charge is 2.17. The molecular formula is C17H25N3O5. The lowest BCUT2D eigenvalue weighted by molar-refractivity contribution is -0.142. The van der Waals surface area contributed by atoms with Gasteiger partial charge < -0.3 is 25.8 Å². The van der Waals surface area contributed by atoms with Crippen LogP contribution in [0.3, 0.4) is 0 Å². The van der Waals surface area contributed by atoms with E-state index in [0.717, 1.165) is 5.56 Å². The number of ether oxygens (including phenoxy) is 2. The van der Waals surface area contributed by atoms with Gasteiger partial charge in [0.15, 0.2) is 6.61 Å². The second-order valence-electron chi connectivity index (χ2n) is 5.88. The Morgan fingerprint density at radius 1 is 1.24 bits per heavy atom. The molecule has 138 valence electrons. The number of amides is 2. The number of hydrogen-bond acceptors (Lipinski definition) is 6. The van der Waals surface area contributed by atoms with Gasteiger partial charge in [-0.15, -0.1) is 0 Å². The fourth-order valence-electron chi connectivity index (χ4n) is 1.85. The third-order valence-corrected chi connectivity index (χ3v) is 3.50. The number of hydrogen-bond donors (Lipinski definition) is 3. The summed E-state index contributed by atoms with van der Waals surface area (Å²) in [4.78, 5) is 34.7. The number of carbonyl (C=O) groups excluding carboxylic acids is 3. The van der Waals surface area contributed by atoms with E-state index >= 15 is 0 Å². The number of rotatable bonds is 8. The molecule has 0 radical (unpaired) electrons. The molecule has 8 nitrogen and oxygen atoms in total. The number of benzene rings is 1. The molecule has 1 rings (SSSR count). The number of nitrogens with one attached hydrogen (secondary N) is 2. The lowest BCUT2D eigenvalue weighted by atomic mass is 10.1. The van der Waals surface area contributed by atoms with Crippen LogP contribution in [0.15, 0.2) is 18.2 Å². The largest absolute Gasteiger partial charge is 0.482 e. The summed E-state index contributed by atoms with van der Waals surface area (Å²) < 4.78 is 9.76. The van der Waals surface area contributed by atoms with Gasteiger partial charge in [0.1, 0.15) is 5.75 Å². The van der Waals surface area contributed by atoms with Crippen molar-refractivity contribution >= 4 is 23.5 Å². The first-order valence-corrected chi connectivity index (χ1v) is 7.88. The SMILES string of the molecule is COC(=O)COc1ccc(NC(=O)CNC(=O)[C@@H](N)C(C)C)c(C)c1. The van der Waals surface area contributed by atoms with Crippen molar-refractivity contribution in [3.63, 3.8) is 0 Å². The normalized spacial score (nSPS) is 11.6. The van der Waals surface area contributed by atoms with Crippen LogP contribution in [-0.4, -0.2) is 44.1 Å². The van der Waals surface area contributed by atoms with Crippen LogP contribution in [0.1, 0.15) is 19.4 Å². The van der Waals surface area contributed by atoms with E-state index in [4.69, 9.17) is 10.5 Å². The number of nitrogens with two attached hydrogens (primary N) is 1. The Morgan fingerprint density at radius 3 is 2.48 bits per heavy atom. The molecule has 0 fully saturated rings. The zero-order chi connectivity index (χ0) is 19.0. The Morgan fingerprint density at radius 2 is 1.92 bits per heavy atom. The molecule has 0 aliphatic rings. The summed E-state index contributed by atoms with van der Waals surface area (Å²) in [6.07, 6.45) is 0. The molecule has 25 heavy (non-hydrogen) atoms. The molecule has 0 saturated carbocycles. The average molecular weight is 351 g/mol. The first-order valence-electron chi connectivity index (χ1n) is 7.88. The number of aryl methyl sites for hydroxylation is 1. The summed E-state index contributed by atoms with van der Waals surface area (Å²) in [5.74, 6) is -0.741. The highest BCUT2D eigenvalue weighted by Crippen LogP contribution is 2.21. The minimum Gasteiger partial charge on any atom is -0.482 e. The summed E-state index contributed by atoms with van der Waals surface area (Å²) in [6, 6.07) is 4.31. The fourth-order valence-corrected chi connectivity index (χ4v) is 1.85. The van der Waals surface area contributed by atoms with Crippen molar-refractivity contribution in [3.05, 3.63) is 23.8 Å². The van der Waals surface area contributed by atoms with Crippen LogP contribution in [0.5, 0.6) is 5.75 Å². The van der Waals surface area contributed by atoms with Gasteiger partial charge in [0, 0.05) is 5.69 Å².